The van der Waals surface area contributed by atoms with Crippen LogP contribution in [0.1, 0.15) is 43.6 Å². The molecule has 0 bridgehead atoms. The molecule has 0 amide bonds. The van der Waals surface area contributed by atoms with E-state index in [1.54, 1.807) is 13.0 Å². The fraction of sp³-hybridized carbons (Fsp3) is 0.467. The van der Waals surface area contributed by atoms with Gasteiger partial charge in [0.1, 0.15) is 0 Å². The van der Waals surface area contributed by atoms with Crippen LogP contribution in [0.3, 0.4) is 0 Å². The van der Waals surface area contributed by atoms with E-state index < -0.39 is 22.9 Å². The molecule has 0 aliphatic heterocycles. The molecule has 1 aromatic carbocycles. The zero-order valence-corrected chi connectivity index (χ0v) is 15.5. The molecule has 5 heteroatoms. The Morgan fingerprint density at radius 1 is 1.25 bits per heavy atom. The Bertz CT molecular complexity index is 477. The minimum atomic E-state index is -1.41. The molecule has 0 fully saturated rings. The van der Waals surface area contributed by atoms with Gasteiger partial charge in [-0.05, 0) is 0 Å². The van der Waals surface area contributed by atoms with Crippen LogP contribution in [0.15, 0.2) is 24.3 Å². The summed E-state index contributed by atoms with van der Waals surface area (Å²) in [6.45, 7) is 7.68. The van der Waals surface area contributed by atoms with E-state index in [1.807, 2.05) is 39.0 Å². The van der Waals surface area contributed by atoms with Crippen molar-refractivity contribution >= 4 is 11.9 Å². The van der Waals surface area contributed by atoms with Gasteiger partial charge < -0.3 is 0 Å². The summed E-state index contributed by atoms with van der Waals surface area (Å²) in [4.78, 5) is 23.3. The third-order valence-electron chi connectivity index (χ3n) is 2.67. The van der Waals surface area contributed by atoms with Crippen molar-refractivity contribution in [3.05, 3.63) is 35.4 Å². The van der Waals surface area contributed by atoms with Gasteiger partial charge in [-0.15, -0.1) is 0 Å². The second-order valence-electron chi connectivity index (χ2n) is 5.56. The molecule has 106 valence electrons. The first-order valence-electron chi connectivity index (χ1n) is 6.78. The molecule has 1 rings (SSSR count). The second kappa shape index (κ2) is 7.54. The number of ether oxygens (including phenoxy) is 1. The van der Waals surface area contributed by atoms with Crippen molar-refractivity contribution in [2.45, 2.75) is 32.7 Å². The van der Waals surface area contributed by atoms with Gasteiger partial charge in [-0.25, -0.2) is 0 Å². The van der Waals surface area contributed by atoms with Crippen LogP contribution in [0.4, 0.5) is 0 Å². The number of hydrogen-bond acceptors (Lipinski definition) is 4. The van der Waals surface area contributed by atoms with Crippen molar-refractivity contribution < 1.29 is 35.4 Å². The third kappa shape index (κ3) is 5.42. The first-order chi connectivity index (χ1) is 9.34. The minimum absolute atomic E-state index is 0.140. The predicted octanol–water partition coefficient (Wildman–Crippen LogP) is 2.95. The van der Waals surface area contributed by atoms with Crippen LogP contribution in [0.5, 0.6) is 0 Å². The van der Waals surface area contributed by atoms with Gasteiger partial charge in [-0.2, -0.15) is 0 Å². The average molecular weight is 330 g/mol. The zero-order chi connectivity index (χ0) is 15.2. The van der Waals surface area contributed by atoms with Crippen molar-refractivity contribution in [1.82, 2.24) is 0 Å². The first-order valence-corrected chi connectivity index (χ1v) is 10.1. The number of hydrogen-bond donors (Lipinski definition) is 0. The molecule has 0 unspecified atom stereocenters. The Morgan fingerprint density at radius 3 is 2.55 bits per heavy atom. The molecule has 0 saturated carbocycles. The molecule has 0 aliphatic rings. The average Bonchev–Trinajstić information content (AvgIpc) is 2.38. The fourth-order valence-electron chi connectivity index (χ4n) is 1.55. The summed E-state index contributed by atoms with van der Waals surface area (Å²) in [6, 6.07) is 7.32. The second-order valence-corrected chi connectivity index (χ2v) is 8.07. The van der Waals surface area contributed by atoms with Gasteiger partial charge in [0.25, 0.3) is 0 Å². The summed E-state index contributed by atoms with van der Waals surface area (Å²) < 4.78 is 10.4. The summed E-state index contributed by atoms with van der Waals surface area (Å²) in [5.74, 6) is -0.451. The Kier molecular flexibility index (Phi) is 6.34. The Balaban J connectivity index is 2.55. The molecule has 0 heterocycles. The SMILES string of the molecule is CCOC(=O)c1cccc([CH2][Zn][O]C(=O)C(C)(C)C)c1. The van der Waals surface area contributed by atoms with Crippen molar-refractivity contribution in [3.63, 3.8) is 0 Å². The van der Waals surface area contributed by atoms with E-state index in [9.17, 15) is 9.59 Å². The number of carbonyl (C=O) groups excluding carboxylic acids is 2. The van der Waals surface area contributed by atoms with E-state index in [1.165, 1.54) is 0 Å². The van der Waals surface area contributed by atoms with Gasteiger partial charge in [0.2, 0.25) is 0 Å². The van der Waals surface area contributed by atoms with Gasteiger partial charge in [-0.1, -0.05) is 0 Å². The third-order valence-corrected chi connectivity index (χ3v) is 5.29. The van der Waals surface area contributed by atoms with Crippen LogP contribution in [0.2, 0.25) is 0 Å². The Labute approximate surface area is 127 Å². The van der Waals surface area contributed by atoms with Gasteiger partial charge in [0, 0.05) is 0 Å². The normalized spacial score (nSPS) is 10.6. The van der Waals surface area contributed by atoms with Gasteiger partial charge >= 0.3 is 127 Å². The van der Waals surface area contributed by atoms with Crippen LogP contribution < -0.4 is 0 Å². The standard InChI is InChI=1S/C10H11O2.C5H10O2.Zn/c1-3-12-10(11)9-6-4-5-8(2)7-9;1-5(2,3)4(6)7;/h4-7H,2-3H2,1H3;1-3H3,(H,6,7);/q;;+1/p-1. The summed E-state index contributed by atoms with van der Waals surface area (Å²) in [5, 5.41) is 0.766. The van der Waals surface area contributed by atoms with Crippen LogP contribution in [-0.2, 0) is 35.6 Å². The van der Waals surface area contributed by atoms with E-state index in [-0.39, 0.29) is 11.9 Å². The number of benzene rings is 1. The van der Waals surface area contributed by atoms with Crippen molar-refractivity contribution in [1.29, 1.82) is 0 Å². The quantitative estimate of drug-likeness (QED) is 0.615. The molecule has 0 N–H and O–H groups in total. The molecule has 1 aromatic rings. The maximum absolute atomic E-state index is 11.7. The number of esters is 1. The molecule has 0 aromatic heterocycles. The molecule has 0 radical (unpaired) electrons. The summed E-state index contributed by atoms with van der Waals surface area (Å²) in [7, 11) is 0. The monoisotopic (exact) mass is 328 g/mol. The van der Waals surface area contributed by atoms with Crippen LogP contribution in [0.25, 0.3) is 0 Å². The topological polar surface area (TPSA) is 52.6 Å². The van der Waals surface area contributed by atoms with E-state index in [2.05, 4.69) is 0 Å². The molecular formula is C15H20O4Zn. The van der Waals surface area contributed by atoms with Gasteiger partial charge in [0.05, 0.1) is 0 Å². The molecule has 0 atom stereocenters. The summed E-state index contributed by atoms with van der Waals surface area (Å²) in [5.41, 5.74) is 1.13. The summed E-state index contributed by atoms with van der Waals surface area (Å²) >= 11 is -1.41. The van der Waals surface area contributed by atoms with Gasteiger partial charge in [-0.3, -0.25) is 0 Å². The number of rotatable bonds is 5. The summed E-state index contributed by atoms with van der Waals surface area (Å²) in [6.07, 6.45) is 0. The van der Waals surface area contributed by atoms with Gasteiger partial charge in [0.15, 0.2) is 0 Å². The van der Waals surface area contributed by atoms with Crippen LogP contribution in [0, 0.1) is 5.41 Å². The van der Waals surface area contributed by atoms with Crippen LogP contribution in [-0.4, -0.2) is 18.5 Å². The molecule has 0 aliphatic carbocycles. The van der Waals surface area contributed by atoms with E-state index in [0.29, 0.717) is 12.2 Å². The van der Waals surface area contributed by atoms with Crippen molar-refractivity contribution in [3.8, 4) is 0 Å². The number of carbonyl (C=O) groups is 2. The molecule has 4 nitrogen and oxygen atoms in total. The predicted molar refractivity (Wildman–Crippen MR) is 71.6 cm³/mol. The van der Waals surface area contributed by atoms with Crippen LogP contribution >= 0.6 is 0 Å². The molecule has 20 heavy (non-hydrogen) atoms. The fourth-order valence-corrected chi connectivity index (χ4v) is 4.20. The molecule has 0 saturated heterocycles. The van der Waals surface area contributed by atoms with Crippen molar-refractivity contribution in [2.75, 3.05) is 6.61 Å². The van der Waals surface area contributed by atoms with E-state index >= 15 is 0 Å². The van der Waals surface area contributed by atoms with E-state index in [0.717, 1.165) is 10.6 Å². The molecule has 0 spiro atoms. The Morgan fingerprint density at radius 2 is 1.95 bits per heavy atom. The first kappa shape index (κ1) is 16.8. The van der Waals surface area contributed by atoms with Crippen molar-refractivity contribution in [2.24, 2.45) is 5.41 Å². The zero-order valence-electron chi connectivity index (χ0n) is 12.6. The maximum atomic E-state index is 11.7. The Hall–Kier alpha value is -1.22. The van der Waals surface area contributed by atoms with E-state index in [4.69, 9.17) is 8.30 Å². The molecular weight excluding hydrogens is 310 g/mol.